The normalized spacial score (nSPS) is 15.4. The molecular weight excluding hydrogens is 226 g/mol. The molecule has 0 atom stereocenters. The molecule has 18 heavy (non-hydrogen) atoms. The van der Waals surface area contributed by atoms with Crippen molar-refractivity contribution in [2.45, 2.75) is 58.0 Å². The number of carbonyl (C=O) groups is 1. The van der Waals surface area contributed by atoms with Crippen LogP contribution in [0.4, 0.5) is 0 Å². The lowest BCUT2D eigenvalue weighted by atomic mass is 10.2. The van der Waals surface area contributed by atoms with E-state index >= 15 is 0 Å². The summed E-state index contributed by atoms with van der Waals surface area (Å²) in [6, 6.07) is 1.30. The van der Waals surface area contributed by atoms with E-state index in [1.807, 2.05) is 0 Å². The standard InChI is InChI=1S/C14H29N3O/c1-12(2)17(3)11-5-4-9-16-14(18)8-10-15-13-6-7-13/h12-13,15H,4-11H2,1-3H3,(H,16,18). The average Bonchev–Trinajstić information content (AvgIpc) is 3.12. The van der Waals surface area contributed by atoms with Gasteiger partial charge in [0.2, 0.25) is 5.91 Å². The van der Waals surface area contributed by atoms with Gasteiger partial charge in [-0.1, -0.05) is 0 Å². The Labute approximate surface area is 111 Å². The number of rotatable bonds is 10. The molecule has 4 nitrogen and oxygen atoms in total. The van der Waals surface area contributed by atoms with Gasteiger partial charge in [-0.2, -0.15) is 0 Å². The lowest BCUT2D eigenvalue weighted by Crippen LogP contribution is -2.30. The van der Waals surface area contributed by atoms with E-state index in [9.17, 15) is 4.79 Å². The van der Waals surface area contributed by atoms with Crippen LogP contribution < -0.4 is 10.6 Å². The lowest BCUT2D eigenvalue weighted by molar-refractivity contribution is -0.121. The van der Waals surface area contributed by atoms with Crippen molar-refractivity contribution < 1.29 is 4.79 Å². The number of amides is 1. The van der Waals surface area contributed by atoms with Crippen LogP contribution in [0.1, 0.15) is 46.0 Å². The van der Waals surface area contributed by atoms with Crippen LogP contribution in [0.2, 0.25) is 0 Å². The molecule has 0 aromatic carbocycles. The van der Waals surface area contributed by atoms with Gasteiger partial charge in [-0.25, -0.2) is 0 Å². The van der Waals surface area contributed by atoms with Gasteiger partial charge < -0.3 is 15.5 Å². The second-order valence-electron chi connectivity index (χ2n) is 5.61. The Morgan fingerprint density at radius 1 is 1.28 bits per heavy atom. The number of hydrogen-bond donors (Lipinski definition) is 2. The van der Waals surface area contributed by atoms with Crippen molar-refractivity contribution in [3.63, 3.8) is 0 Å². The molecule has 1 aliphatic carbocycles. The molecule has 1 aliphatic rings. The maximum absolute atomic E-state index is 11.5. The van der Waals surface area contributed by atoms with E-state index in [4.69, 9.17) is 0 Å². The monoisotopic (exact) mass is 255 g/mol. The molecular formula is C14H29N3O. The van der Waals surface area contributed by atoms with Crippen LogP contribution in [-0.2, 0) is 4.79 Å². The molecule has 0 bridgehead atoms. The molecule has 2 N–H and O–H groups in total. The molecule has 0 aliphatic heterocycles. The van der Waals surface area contributed by atoms with Crippen LogP contribution in [0.25, 0.3) is 0 Å². The highest BCUT2D eigenvalue weighted by molar-refractivity contribution is 5.75. The quantitative estimate of drug-likeness (QED) is 0.579. The summed E-state index contributed by atoms with van der Waals surface area (Å²) >= 11 is 0. The first-order valence-electron chi connectivity index (χ1n) is 7.30. The van der Waals surface area contributed by atoms with E-state index < -0.39 is 0 Å². The van der Waals surface area contributed by atoms with Crippen LogP contribution in [0.5, 0.6) is 0 Å². The predicted molar refractivity (Wildman–Crippen MR) is 75.7 cm³/mol. The summed E-state index contributed by atoms with van der Waals surface area (Å²) in [6.45, 7) is 7.15. The van der Waals surface area contributed by atoms with Crippen LogP contribution >= 0.6 is 0 Å². The van der Waals surface area contributed by atoms with Gasteiger partial charge in [0.25, 0.3) is 0 Å². The molecule has 0 aromatic heterocycles. The topological polar surface area (TPSA) is 44.4 Å². The SMILES string of the molecule is CC(C)N(C)CCCCNC(=O)CCNC1CC1. The van der Waals surface area contributed by atoms with Gasteiger partial charge in [-0.05, 0) is 53.1 Å². The van der Waals surface area contributed by atoms with E-state index in [0.29, 0.717) is 18.5 Å². The maximum Gasteiger partial charge on any atom is 0.221 e. The molecule has 1 fully saturated rings. The number of nitrogens with one attached hydrogen (secondary N) is 2. The van der Waals surface area contributed by atoms with E-state index in [2.05, 4.69) is 36.4 Å². The second-order valence-corrected chi connectivity index (χ2v) is 5.61. The molecule has 106 valence electrons. The molecule has 0 spiro atoms. The number of hydrogen-bond acceptors (Lipinski definition) is 3. The number of nitrogens with zero attached hydrogens (tertiary/aromatic N) is 1. The lowest BCUT2D eigenvalue weighted by Gasteiger charge is -2.20. The van der Waals surface area contributed by atoms with Crippen molar-refractivity contribution in [2.24, 2.45) is 0 Å². The summed E-state index contributed by atoms with van der Waals surface area (Å²) in [6.07, 6.45) is 5.40. The fourth-order valence-electron chi connectivity index (χ4n) is 1.74. The number of carbonyl (C=O) groups excluding carboxylic acids is 1. The molecule has 0 aromatic rings. The van der Waals surface area contributed by atoms with Gasteiger partial charge in [0, 0.05) is 31.6 Å². The first kappa shape index (κ1) is 15.4. The van der Waals surface area contributed by atoms with Gasteiger partial charge >= 0.3 is 0 Å². The maximum atomic E-state index is 11.5. The summed E-state index contributed by atoms with van der Waals surface area (Å²) in [5.41, 5.74) is 0. The number of unbranched alkanes of at least 4 members (excludes halogenated alkanes) is 1. The van der Waals surface area contributed by atoms with Crippen LogP contribution in [0.15, 0.2) is 0 Å². The fourth-order valence-corrected chi connectivity index (χ4v) is 1.74. The van der Waals surface area contributed by atoms with Crippen molar-refractivity contribution in [1.82, 2.24) is 15.5 Å². The summed E-state index contributed by atoms with van der Waals surface area (Å²) < 4.78 is 0. The minimum absolute atomic E-state index is 0.181. The van der Waals surface area contributed by atoms with E-state index in [1.165, 1.54) is 12.8 Å². The third-order valence-electron chi connectivity index (χ3n) is 3.50. The summed E-state index contributed by atoms with van der Waals surface area (Å²) in [5.74, 6) is 0.181. The van der Waals surface area contributed by atoms with Crippen LogP contribution in [0.3, 0.4) is 0 Å². The Morgan fingerprint density at radius 3 is 2.61 bits per heavy atom. The van der Waals surface area contributed by atoms with E-state index in [1.54, 1.807) is 0 Å². The largest absolute Gasteiger partial charge is 0.356 e. The molecule has 1 amide bonds. The van der Waals surface area contributed by atoms with E-state index in [0.717, 1.165) is 32.5 Å². The molecule has 1 saturated carbocycles. The van der Waals surface area contributed by atoms with Gasteiger partial charge in [-0.15, -0.1) is 0 Å². The molecule has 0 radical (unpaired) electrons. The van der Waals surface area contributed by atoms with Crippen LogP contribution in [-0.4, -0.2) is 49.6 Å². The Hall–Kier alpha value is -0.610. The summed E-state index contributed by atoms with van der Waals surface area (Å²) in [5, 5.41) is 6.33. The summed E-state index contributed by atoms with van der Waals surface area (Å²) in [7, 11) is 2.15. The zero-order chi connectivity index (χ0) is 13.4. The Bertz CT molecular complexity index is 239. The first-order valence-corrected chi connectivity index (χ1v) is 7.30. The van der Waals surface area contributed by atoms with Crippen LogP contribution in [0, 0.1) is 0 Å². The minimum Gasteiger partial charge on any atom is -0.356 e. The Morgan fingerprint density at radius 2 is 2.00 bits per heavy atom. The van der Waals surface area contributed by atoms with Gasteiger partial charge in [0.05, 0.1) is 0 Å². The molecule has 0 unspecified atom stereocenters. The van der Waals surface area contributed by atoms with Crippen molar-refractivity contribution >= 4 is 5.91 Å². The van der Waals surface area contributed by atoms with Crippen molar-refractivity contribution in [3.05, 3.63) is 0 Å². The fraction of sp³-hybridized carbons (Fsp3) is 0.929. The third kappa shape index (κ3) is 7.67. The van der Waals surface area contributed by atoms with Crippen molar-refractivity contribution in [3.8, 4) is 0 Å². The second kappa shape index (κ2) is 8.48. The minimum atomic E-state index is 0.181. The molecule has 4 heteroatoms. The zero-order valence-electron chi connectivity index (χ0n) is 12.2. The zero-order valence-corrected chi connectivity index (χ0v) is 12.2. The third-order valence-corrected chi connectivity index (χ3v) is 3.50. The van der Waals surface area contributed by atoms with Gasteiger partial charge in [0.1, 0.15) is 0 Å². The molecule has 0 heterocycles. The van der Waals surface area contributed by atoms with Gasteiger partial charge in [0.15, 0.2) is 0 Å². The highest BCUT2D eigenvalue weighted by Crippen LogP contribution is 2.18. The van der Waals surface area contributed by atoms with Crippen molar-refractivity contribution in [2.75, 3.05) is 26.7 Å². The molecule has 1 rings (SSSR count). The predicted octanol–water partition coefficient (Wildman–Crippen LogP) is 1.37. The van der Waals surface area contributed by atoms with Gasteiger partial charge in [-0.3, -0.25) is 4.79 Å². The average molecular weight is 255 g/mol. The summed E-state index contributed by atoms with van der Waals surface area (Å²) in [4.78, 5) is 13.8. The Kier molecular flexibility index (Phi) is 7.28. The highest BCUT2D eigenvalue weighted by Gasteiger charge is 2.19. The smallest absolute Gasteiger partial charge is 0.221 e. The molecule has 0 saturated heterocycles. The van der Waals surface area contributed by atoms with Crippen molar-refractivity contribution in [1.29, 1.82) is 0 Å². The Balaban J connectivity index is 1.85. The highest BCUT2D eigenvalue weighted by atomic mass is 16.1. The first-order chi connectivity index (χ1) is 8.59. The van der Waals surface area contributed by atoms with E-state index in [-0.39, 0.29) is 5.91 Å².